The van der Waals surface area contributed by atoms with E-state index in [2.05, 4.69) is 17.6 Å². The predicted molar refractivity (Wildman–Crippen MR) is 91.3 cm³/mol. The molecule has 0 aromatic heterocycles. The Bertz CT molecular complexity index is 671. The molecule has 0 saturated carbocycles. The number of rotatable bonds is 7. The molecule has 5 nitrogen and oxygen atoms in total. The molecule has 2 N–H and O–H groups in total. The van der Waals surface area contributed by atoms with E-state index in [1.54, 1.807) is 25.3 Å². The van der Waals surface area contributed by atoms with E-state index in [0.29, 0.717) is 17.1 Å². The van der Waals surface area contributed by atoms with Crippen LogP contribution in [0.15, 0.2) is 42.5 Å². The molecule has 0 fully saturated rings. The van der Waals surface area contributed by atoms with Crippen molar-refractivity contribution >= 4 is 11.6 Å². The Kier molecular flexibility index (Phi) is 6.00. The van der Waals surface area contributed by atoms with E-state index in [9.17, 15) is 4.79 Å². The lowest BCUT2D eigenvalue weighted by Gasteiger charge is -2.12. The van der Waals surface area contributed by atoms with E-state index < -0.39 is 0 Å². The van der Waals surface area contributed by atoms with Crippen molar-refractivity contribution in [1.82, 2.24) is 5.32 Å². The van der Waals surface area contributed by atoms with E-state index in [-0.39, 0.29) is 5.91 Å². The number of amides is 1. The van der Waals surface area contributed by atoms with Crippen LogP contribution in [0.3, 0.4) is 0 Å². The minimum Gasteiger partial charge on any atom is -0.497 e. The van der Waals surface area contributed by atoms with Crippen LogP contribution in [-0.2, 0) is 6.54 Å². The van der Waals surface area contributed by atoms with Crippen molar-refractivity contribution in [2.45, 2.75) is 13.5 Å². The maximum Gasteiger partial charge on any atom is 0.259 e. The van der Waals surface area contributed by atoms with Gasteiger partial charge in [0.15, 0.2) is 0 Å². The van der Waals surface area contributed by atoms with Gasteiger partial charge in [0.1, 0.15) is 11.5 Å². The fourth-order valence-electron chi connectivity index (χ4n) is 2.22. The monoisotopic (exact) mass is 314 g/mol. The molecule has 0 unspecified atom stereocenters. The molecule has 0 aliphatic heterocycles. The second kappa shape index (κ2) is 8.19. The van der Waals surface area contributed by atoms with Crippen molar-refractivity contribution in [2.75, 3.05) is 26.1 Å². The van der Waals surface area contributed by atoms with Crippen molar-refractivity contribution in [1.29, 1.82) is 0 Å². The molecule has 0 radical (unpaired) electrons. The molecular weight excluding hydrogens is 292 g/mol. The summed E-state index contributed by atoms with van der Waals surface area (Å²) in [5.41, 5.74) is 2.29. The number of hydrogen-bond donors (Lipinski definition) is 2. The standard InChI is InChI=1S/C18H22N2O3/c1-4-19-12-13-6-5-7-14(10-13)20-18(21)16-11-15(22-2)8-9-17(16)23-3/h5-11,19H,4,12H2,1-3H3,(H,20,21). The number of benzene rings is 2. The lowest BCUT2D eigenvalue weighted by molar-refractivity contribution is 0.102. The smallest absolute Gasteiger partial charge is 0.259 e. The van der Waals surface area contributed by atoms with Crippen molar-refractivity contribution in [3.05, 3.63) is 53.6 Å². The minimum atomic E-state index is -0.235. The van der Waals surface area contributed by atoms with Crippen LogP contribution in [0.5, 0.6) is 11.5 Å². The van der Waals surface area contributed by atoms with E-state index >= 15 is 0 Å². The van der Waals surface area contributed by atoms with Gasteiger partial charge < -0.3 is 20.1 Å². The van der Waals surface area contributed by atoms with Gasteiger partial charge in [-0.2, -0.15) is 0 Å². The van der Waals surface area contributed by atoms with Crippen LogP contribution in [-0.4, -0.2) is 26.7 Å². The Morgan fingerprint density at radius 3 is 2.61 bits per heavy atom. The summed E-state index contributed by atoms with van der Waals surface area (Å²) in [4.78, 5) is 12.5. The topological polar surface area (TPSA) is 59.6 Å². The first-order valence-corrected chi connectivity index (χ1v) is 7.51. The molecule has 0 atom stereocenters. The molecule has 2 rings (SSSR count). The van der Waals surface area contributed by atoms with Crippen LogP contribution in [0, 0.1) is 0 Å². The highest BCUT2D eigenvalue weighted by atomic mass is 16.5. The zero-order valence-electron chi connectivity index (χ0n) is 13.7. The number of hydrogen-bond acceptors (Lipinski definition) is 4. The van der Waals surface area contributed by atoms with E-state index in [1.165, 1.54) is 7.11 Å². The number of carbonyl (C=O) groups excluding carboxylic acids is 1. The van der Waals surface area contributed by atoms with Crippen LogP contribution in [0.4, 0.5) is 5.69 Å². The third-order valence-corrected chi connectivity index (χ3v) is 3.42. The van der Waals surface area contributed by atoms with Gasteiger partial charge >= 0.3 is 0 Å². The normalized spacial score (nSPS) is 10.2. The summed E-state index contributed by atoms with van der Waals surface area (Å²) in [5, 5.41) is 6.16. The lowest BCUT2D eigenvalue weighted by atomic mass is 10.1. The Morgan fingerprint density at radius 1 is 1.09 bits per heavy atom. The van der Waals surface area contributed by atoms with Crippen LogP contribution in [0.25, 0.3) is 0 Å². The highest BCUT2D eigenvalue weighted by Gasteiger charge is 2.14. The van der Waals surface area contributed by atoms with Gasteiger partial charge in [-0.25, -0.2) is 0 Å². The highest BCUT2D eigenvalue weighted by molar-refractivity contribution is 6.06. The van der Waals surface area contributed by atoms with Gasteiger partial charge in [-0.15, -0.1) is 0 Å². The van der Waals surface area contributed by atoms with Crippen LogP contribution in [0.1, 0.15) is 22.8 Å². The summed E-state index contributed by atoms with van der Waals surface area (Å²) in [7, 11) is 3.10. The predicted octanol–water partition coefficient (Wildman–Crippen LogP) is 3.07. The average Bonchev–Trinajstić information content (AvgIpc) is 2.59. The van der Waals surface area contributed by atoms with Crippen molar-refractivity contribution in [2.24, 2.45) is 0 Å². The fraction of sp³-hybridized carbons (Fsp3) is 0.278. The van der Waals surface area contributed by atoms with Gasteiger partial charge in [0.2, 0.25) is 0 Å². The van der Waals surface area contributed by atoms with E-state index in [0.717, 1.165) is 24.3 Å². The van der Waals surface area contributed by atoms with Crippen LogP contribution >= 0.6 is 0 Å². The van der Waals surface area contributed by atoms with Crippen LogP contribution in [0.2, 0.25) is 0 Å². The van der Waals surface area contributed by atoms with Gasteiger partial charge in [0, 0.05) is 12.2 Å². The summed E-state index contributed by atoms with van der Waals surface area (Å²) in [6, 6.07) is 12.9. The molecule has 23 heavy (non-hydrogen) atoms. The SMILES string of the molecule is CCNCc1cccc(NC(=O)c2cc(OC)ccc2OC)c1. The number of methoxy groups -OCH3 is 2. The first-order chi connectivity index (χ1) is 11.2. The average molecular weight is 314 g/mol. The Morgan fingerprint density at radius 2 is 1.91 bits per heavy atom. The van der Waals surface area contributed by atoms with Gasteiger partial charge in [0.25, 0.3) is 5.91 Å². The molecule has 0 aliphatic carbocycles. The summed E-state index contributed by atoms with van der Waals surface area (Å²) in [5.74, 6) is 0.880. The Balaban J connectivity index is 2.18. The second-order valence-corrected chi connectivity index (χ2v) is 5.00. The third-order valence-electron chi connectivity index (χ3n) is 3.42. The Labute approximate surface area is 136 Å². The molecule has 0 heterocycles. The molecule has 2 aromatic carbocycles. The van der Waals surface area contributed by atoms with Crippen molar-refractivity contribution < 1.29 is 14.3 Å². The largest absolute Gasteiger partial charge is 0.497 e. The van der Waals surface area contributed by atoms with E-state index in [4.69, 9.17) is 9.47 Å². The quantitative estimate of drug-likeness (QED) is 0.824. The molecule has 1 amide bonds. The zero-order chi connectivity index (χ0) is 16.7. The molecule has 0 saturated heterocycles. The zero-order valence-corrected chi connectivity index (χ0v) is 13.7. The molecule has 122 valence electrons. The van der Waals surface area contributed by atoms with Gasteiger partial charge in [-0.1, -0.05) is 19.1 Å². The van der Waals surface area contributed by atoms with Gasteiger partial charge in [-0.3, -0.25) is 4.79 Å². The molecule has 5 heteroatoms. The molecule has 0 aliphatic rings. The summed E-state index contributed by atoms with van der Waals surface area (Å²) in [6.07, 6.45) is 0. The summed E-state index contributed by atoms with van der Waals surface area (Å²) >= 11 is 0. The van der Waals surface area contributed by atoms with Crippen molar-refractivity contribution in [3.63, 3.8) is 0 Å². The third kappa shape index (κ3) is 4.47. The molecule has 2 aromatic rings. The minimum absolute atomic E-state index is 0.235. The van der Waals surface area contributed by atoms with Gasteiger partial charge in [0.05, 0.1) is 19.8 Å². The number of carbonyl (C=O) groups is 1. The highest BCUT2D eigenvalue weighted by Crippen LogP contribution is 2.25. The van der Waals surface area contributed by atoms with Crippen LogP contribution < -0.4 is 20.1 Å². The first-order valence-electron chi connectivity index (χ1n) is 7.51. The fourth-order valence-corrected chi connectivity index (χ4v) is 2.22. The second-order valence-electron chi connectivity index (χ2n) is 5.00. The summed E-state index contributed by atoms with van der Waals surface area (Å²) < 4.78 is 10.4. The number of ether oxygens (including phenoxy) is 2. The number of nitrogens with one attached hydrogen (secondary N) is 2. The summed E-state index contributed by atoms with van der Waals surface area (Å²) in [6.45, 7) is 3.72. The van der Waals surface area contributed by atoms with E-state index in [1.807, 2.05) is 24.3 Å². The maximum absolute atomic E-state index is 12.5. The molecular formula is C18H22N2O3. The molecule has 0 spiro atoms. The first kappa shape index (κ1) is 16.8. The van der Waals surface area contributed by atoms with Crippen molar-refractivity contribution in [3.8, 4) is 11.5 Å². The van der Waals surface area contributed by atoms with Gasteiger partial charge in [-0.05, 0) is 42.4 Å². The number of anilines is 1. The maximum atomic E-state index is 12.5. The lowest BCUT2D eigenvalue weighted by Crippen LogP contribution is -2.15. The molecule has 0 bridgehead atoms. The Hall–Kier alpha value is -2.53.